The van der Waals surface area contributed by atoms with Crippen LogP contribution in [0.5, 0.6) is 0 Å². The van der Waals surface area contributed by atoms with Crippen molar-refractivity contribution in [2.24, 2.45) is 0 Å². The maximum Gasteiger partial charge on any atom is 0.348 e. The number of aromatic carboxylic acids is 1. The summed E-state index contributed by atoms with van der Waals surface area (Å²) in [6.07, 6.45) is 3.17. The summed E-state index contributed by atoms with van der Waals surface area (Å²) >= 11 is 1.20. The molecule has 0 aliphatic heterocycles. The zero-order valence-corrected chi connectivity index (χ0v) is 10.4. The van der Waals surface area contributed by atoms with Crippen molar-refractivity contribution in [1.29, 1.82) is 0 Å². The Kier molecular flexibility index (Phi) is 2.93. The highest BCUT2D eigenvalue weighted by atomic mass is 32.1. The number of rotatable bonds is 3. The maximum absolute atomic E-state index is 11.1. The summed E-state index contributed by atoms with van der Waals surface area (Å²) in [5, 5.41) is 9.09. The molecule has 0 aliphatic carbocycles. The van der Waals surface area contributed by atoms with Crippen LogP contribution in [0.3, 0.4) is 0 Å². The van der Waals surface area contributed by atoms with E-state index in [2.05, 4.69) is 0 Å². The van der Waals surface area contributed by atoms with Crippen molar-refractivity contribution in [2.75, 3.05) is 5.73 Å². The van der Waals surface area contributed by atoms with Crippen LogP contribution in [-0.4, -0.2) is 11.1 Å². The number of carboxylic acids is 1. The minimum Gasteiger partial charge on any atom is -0.477 e. The van der Waals surface area contributed by atoms with Gasteiger partial charge in [0, 0.05) is 10.4 Å². The highest BCUT2D eigenvalue weighted by Crippen LogP contribution is 2.42. The van der Waals surface area contributed by atoms with Gasteiger partial charge in [0.15, 0.2) is 0 Å². The van der Waals surface area contributed by atoms with E-state index in [1.807, 2.05) is 19.9 Å². The second kappa shape index (κ2) is 4.25. The van der Waals surface area contributed by atoms with E-state index in [4.69, 9.17) is 15.3 Å². The summed E-state index contributed by atoms with van der Waals surface area (Å²) in [4.78, 5) is 12.2. The number of hydrogen-bond acceptors (Lipinski definition) is 4. The van der Waals surface area contributed by atoms with Gasteiger partial charge in [-0.15, -0.1) is 11.3 Å². The van der Waals surface area contributed by atoms with Crippen molar-refractivity contribution in [2.45, 2.75) is 19.8 Å². The number of carboxylic acid groups (broad SMARTS) is 1. The largest absolute Gasteiger partial charge is 0.477 e. The van der Waals surface area contributed by atoms with Crippen LogP contribution in [0.25, 0.3) is 10.4 Å². The highest BCUT2D eigenvalue weighted by Gasteiger charge is 2.23. The van der Waals surface area contributed by atoms with Crippen molar-refractivity contribution in [3.63, 3.8) is 0 Å². The first-order valence-corrected chi connectivity index (χ1v) is 6.02. The first-order chi connectivity index (χ1) is 8.02. The quantitative estimate of drug-likeness (QED) is 0.876. The minimum atomic E-state index is -0.982. The van der Waals surface area contributed by atoms with Gasteiger partial charge in [-0.25, -0.2) is 4.79 Å². The molecule has 2 heterocycles. The number of anilines is 1. The Morgan fingerprint density at radius 2 is 2.24 bits per heavy atom. The first-order valence-electron chi connectivity index (χ1n) is 5.20. The fraction of sp³-hybridized carbons (Fsp3) is 0.250. The Hall–Kier alpha value is -1.75. The van der Waals surface area contributed by atoms with Gasteiger partial charge in [-0.05, 0) is 17.5 Å². The molecule has 2 aromatic heterocycles. The molecular weight excluding hydrogens is 238 g/mol. The van der Waals surface area contributed by atoms with Gasteiger partial charge in [0.1, 0.15) is 4.88 Å². The van der Waals surface area contributed by atoms with Gasteiger partial charge in [-0.2, -0.15) is 0 Å². The van der Waals surface area contributed by atoms with Crippen LogP contribution in [0, 0.1) is 0 Å². The van der Waals surface area contributed by atoms with Gasteiger partial charge >= 0.3 is 5.97 Å². The molecule has 0 radical (unpaired) electrons. The number of hydrogen-bond donors (Lipinski definition) is 2. The van der Waals surface area contributed by atoms with Crippen LogP contribution in [0.15, 0.2) is 23.0 Å². The summed E-state index contributed by atoms with van der Waals surface area (Å²) in [6, 6.07) is 1.81. The number of thiophene rings is 1. The van der Waals surface area contributed by atoms with E-state index in [9.17, 15) is 4.79 Å². The Morgan fingerprint density at radius 3 is 2.71 bits per heavy atom. The van der Waals surface area contributed by atoms with Gasteiger partial charge in [0.2, 0.25) is 0 Å². The fourth-order valence-corrected chi connectivity index (χ4v) is 3.00. The van der Waals surface area contributed by atoms with Gasteiger partial charge in [0.05, 0.1) is 18.2 Å². The van der Waals surface area contributed by atoms with Gasteiger partial charge in [0.25, 0.3) is 0 Å². The average molecular weight is 251 g/mol. The monoisotopic (exact) mass is 251 g/mol. The van der Waals surface area contributed by atoms with Crippen molar-refractivity contribution < 1.29 is 14.3 Å². The molecule has 0 atom stereocenters. The molecule has 0 bridgehead atoms. The lowest BCUT2D eigenvalue weighted by molar-refractivity contribution is 0.0703. The van der Waals surface area contributed by atoms with Crippen LogP contribution >= 0.6 is 11.3 Å². The van der Waals surface area contributed by atoms with Crippen molar-refractivity contribution in [3.05, 3.63) is 29.0 Å². The van der Waals surface area contributed by atoms with Crippen LogP contribution < -0.4 is 5.73 Å². The third-order valence-electron chi connectivity index (χ3n) is 2.54. The third-order valence-corrected chi connectivity index (χ3v) is 3.80. The molecule has 0 saturated heterocycles. The second-order valence-corrected chi connectivity index (χ2v) is 5.08. The lowest BCUT2D eigenvalue weighted by Crippen LogP contribution is -2.00. The minimum absolute atomic E-state index is 0.171. The fourth-order valence-electron chi connectivity index (χ4n) is 1.80. The molecule has 5 heteroatoms. The molecule has 3 N–H and O–H groups in total. The highest BCUT2D eigenvalue weighted by molar-refractivity contribution is 7.18. The summed E-state index contributed by atoms with van der Waals surface area (Å²) < 4.78 is 5.03. The van der Waals surface area contributed by atoms with Crippen LogP contribution in [0.2, 0.25) is 0 Å². The van der Waals surface area contributed by atoms with Crippen LogP contribution in [-0.2, 0) is 0 Å². The Morgan fingerprint density at radius 1 is 1.53 bits per heavy atom. The lowest BCUT2D eigenvalue weighted by Gasteiger charge is -2.07. The van der Waals surface area contributed by atoms with Crippen molar-refractivity contribution in [1.82, 2.24) is 0 Å². The molecule has 4 nitrogen and oxygen atoms in total. The number of furan rings is 1. The standard InChI is InChI=1S/C12H13NO3S/c1-6(2)8-9(13)11(12(14)15)17-10(8)7-3-4-16-5-7/h3-6H,13H2,1-2H3,(H,14,15). The molecule has 90 valence electrons. The summed E-state index contributed by atoms with van der Waals surface area (Å²) in [6.45, 7) is 3.99. The molecule has 0 fully saturated rings. The Bertz CT molecular complexity index is 540. The zero-order chi connectivity index (χ0) is 12.6. The molecule has 0 aliphatic rings. The Labute approximate surface area is 103 Å². The number of nitrogens with two attached hydrogens (primary N) is 1. The molecule has 0 saturated carbocycles. The van der Waals surface area contributed by atoms with E-state index in [0.29, 0.717) is 5.69 Å². The van der Waals surface area contributed by atoms with E-state index in [0.717, 1.165) is 16.0 Å². The molecule has 17 heavy (non-hydrogen) atoms. The molecular formula is C12H13NO3S. The van der Waals surface area contributed by atoms with Crippen molar-refractivity contribution in [3.8, 4) is 10.4 Å². The zero-order valence-electron chi connectivity index (χ0n) is 9.56. The van der Waals surface area contributed by atoms with E-state index >= 15 is 0 Å². The first kappa shape index (κ1) is 11.7. The molecule has 0 unspecified atom stereocenters. The van der Waals surface area contributed by atoms with Crippen LogP contribution in [0.1, 0.15) is 35.0 Å². The molecule has 0 amide bonds. The van der Waals surface area contributed by atoms with Gasteiger partial charge in [-0.3, -0.25) is 0 Å². The lowest BCUT2D eigenvalue weighted by atomic mass is 9.99. The summed E-state index contributed by atoms with van der Waals surface area (Å²) in [5.41, 5.74) is 8.04. The predicted molar refractivity (Wildman–Crippen MR) is 67.5 cm³/mol. The average Bonchev–Trinajstić information content (AvgIpc) is 2.82. The van der Waals surface area contributed by atoms with Gasteiger partial charge in [-0.1, -0.05) is 13.8 Å². The van der Waals surface area contributed by atoms with E-state index in [1.165, 1.54) is 11.3 Å². The summed E-state index contributed by atoms with van der Waals surface area (Å²) in [7, 11) is 0. The normalized spacial score (nSPS) is 11.0. The number of nitrogen functional groups attached to an aromatic ring is 1. The smallest absolute Gasteiger partial charge is 0.348 e. The van der Waals surface area contributed by atoms with E-state index in [1.54, 1.807) is 12.5 Å². The third kappa shape index (κ3) is 1.93. The topological polar surface area (TPSA) is 76.5 Å². The summed E-state index contributed by atoms with van der Waals surface area (Å²) in [5.74, 6) is -0.812. The second-order valence-electron chi connectivity index (χ2n) is 4.06. The number of carbonyl (C=O) groups is 1. The predicted octanol–water partition coefficient (Wildman–Crippen LogP) is 3.41. The van der Waals surface area contributed by atoms with E-state index in [-0.39, 0.29) is 10.8 Å². The Balaban J connectivity index is 2.66. The SMILES string of the molecule is CC(C)c1c(-c2ccoc2)sc(C(=O)O)c1N. The maximum atomic E-state index is 11.1. The van der Waals surface area contributed by atoms with Crippen LogP contribution in [0.4, 0.5) is 5.69 Å². The van der Waals surface area contributed by atoms with Gasteiger partial charge < -0.3 is 15.3 Å². The molecule has 2 rings (SSSR count). The van der Waals surface area contributed by atoms with Crippen molar-refractivity contribution >= 4 is 23.0 Å². The molecule has 0 aromatic carbocycles. The molecule has 2 aromatic rings. The molecule has 0 spiro atoms. The van der Waals surface area contributed by atoms with E-state index < -0.39 is 5.97 Å².